The first-order valence-electron chi connectivity index (χ1n) is 11.6. The van der Waals surface area contributed by atoms with Crippen molar-refractivity contribution in [3.8, 4) is 22.9 Å². The molecule has 0 saturated heterocycles. The van der Waals surface area contributed by atoms with E-state index < -0.39 is 5.60 Å². The summed E-state index contributed by atoms with van der Waals surface area (Å²) in [6.45, 7) is 4.18. The highest BCUT2D eigenvalue weighted by atomic mass is 16.5. The van der Waals surface area contributed by atoms with Gasteiger partial charge in [-0.3, -0.25) is 4.98 Å². The molecular weight excluding hydrogens is 452 g/mol. The van der Waals surface area contributed by atoms with Crippen LogP contribution < -0.4 is 9.64 Å². The van der Waals surface area contributed by atoms with Gasteiger partial charge in [0.05, 0.1) is 34.6 Å². The van der Waals surface area contributed by atoms with Gasteiger partial charge in [-0.15, -0.1) is 0 Å². The van der Waals surface area contributed by atoms with Crippen molar-refractivity contribution in [3.63, 3.8) is 0 Å². The highest BCUT2D eigenvalue weighted by Crippen LogP contribution is 2.31. The maximum absolute atomic E-state index is 10.1. The van der Waals surface area contributed by atoms with Gasteiger partial charge in [-0.25, -0.2) is 9.50 Å². The van der Waals surface area contributed by atoms with E-state index in [1.807, 2.05) is 37.4 Å². The summed E-state index contributed by atoms with van der Waals surface area (Å²) in [6, 6.07) is 18.3. The number of hydrogen-bond donors (Lipinski definition) is 1. The third-order valence-electron chi connectivity index (χ3n) is 5.84. The highest BCUT2D eigenvalue weighted by Gasteiger charge is 2.17. The summed E-state index contributed by atoms with van der Waals surface area (Å²) in [6.07, 6.45) is 6.83. The van der Waals surface area contributed by atoms with Crippen LogP contribution in [0.4, 0.5) is 5.82 Å². The predicted molar refractivity (Wildman–Crippen MR) is 139 cm³/mol. The predicted octanol–water partition coefficient (Wildman–Crippen LogP) is 4.60. The van der Waals surface area contributed by atoms with Crippen molar-refractivity contribution in [2.24, 2.45) is 0 Å². The number of aliphatic hydroxyl groups is 1. The van der Waals surface area contributed by atoms with Crippen LogP contribution in [0.3, 0.4) is 0 Å². The molecule has 0 fully saturated rings. The minimum atomic E-state index is -0.980. The summed E-state index contributed by atoms with van der Waals surface area (Å²) < 4.78 is 7.44. The fourth-order valence-corrected chi connectivity index (χ4v) is 4.09. The van der Waals surface area contributed by atoms with Gasteiger partial charge in [0, 0.05) is 42.5 Å². The zero-order valence-corrected chi connectivity index (χ0v) is 20.4. The lowest BCUT2D eigenvalue weighted by Gasteiger charge is -2.19. The molecule has 0 radical (unpaired) electrons. The standard InChI is InChI=1S/C28H26N6O2/c1-28(2,35)18-36-23-12-24(27-22(13-29)15-32-34(27)17-23)21-7-9-26(31-14-21)33(3)16-19-6-8-25-20(11-19)5-4-10-30-25/h4-12,14-15,17,35H,16,18H2,1-3H3. The van der Waals surface area contributed by atoms with Gasteiger partial charge < -0.3 is 14.7 Å². The lowest BCUT2D eigenvalue weighted by atomic mass is 10.1. The molecule has 1 N–H and O–H groups in total. The van der Waals surface area contributed by atoms with Crippen LogP contribution in [0.2, 0.25) is 0 Å². The number of pyridine rings is 3. The van der Waals surface area contributed by atoms with Crippen LogP contribution in [0.25, 0.3) is 27.5 Å². The number of nitrogens with zero attached hydrogens (tertiary/aromatic N) is 6. The summed E-state index contributed by atoms with van der Waals surface area (Å²) in [5.41, 5.74) is 3.92. The smallest absolute Gasteiger partial charge is 0.138 e. The Morgan fingerprint density at radius 2 is 1.97 bits per heavy atom. The molecule has 4 aromatic heterocycles. The lowest BCUT2D eigenvalue weighted by molar-refractivity contribution is 0.0283. The van der Waals surface area contributed by atoms with Crippen LogP contribution in [0.5, 0.6) is 5.75 Å². The van der Waals surface area contributed by atoms with Gasteiger partial charge in [-0.2, -0.15) is 10.4 Å². The van der Waals surface area contributed by atoms with Crippen molar-refractivity contribution < 1.29 is 9.84 Å². The van der Waals surface area contributed by atoms with Gasteiger partial charge in [-0.05, 0) is 55.8 Å². The Kier molecular flexibility index (Phi) is 6.00. The van der Waals surface area contributed by atoms with Gasteiger partial charge >= 0.3 is 0 Å². The molecule has 5 rings (SSSR count). The summed E-state index contributed by atoms with van der Waals surface area (Å²) in [5.74, 6) is 1.36. The number of anilines is 1. The Bertz CT molecular complexity index is 1580. The van der Waals surface area contributed by atoms with E-state index in [2.05, 4.69) is 39.3 Å². The molecule has 4 heterocycles. The van der Waals surface area contributed by atoms with Crippen molar-refractivity contribution in [2.75, 3.05) is 18.6 Å². The van der Waals surface area contributed by atoms with Gasteiger partial charge in [-0.1, -0.05) is 12.1 Å². The van der Waals surface area contributed by atoms with Crippen molar-refractivity contribution in [1.82, 2.24) is 19.6 Å². The monoisotopic (exact) mass is 478 g/mol. The molecule has 8 nitrogen and oxygen atoms in total. The molecule has 0 amide bonds. The number of fused-ring (bicyclic) bond motifs is 2. The summed E-state index contributed by atoms with van der Waals surface area (Å²) >= 11 is 0. The Balaban J connectivity index is 1.43. The van der Waals surface area contributed by atoms with Gasteiger partial charge in [0.25, 0.3) is 0 Å². The second-order valence-electron chi connectivity index (χ2n) is 9.45. The van der Waals surface area contributed by atoms with Crippen LogP contribution in [-0.2, 0) is 6.54 Å². The van der Waals surface area contributed by atoms with E-state index in [1.54, 1.807) is 37.0 Å². The van der Waals surface area contributed by atoms with Crippen molar-refractivity contribution in [2.45, 2.75) is 26.0 Å². The first-order valence-corrected chi connectivity index (χ1v) is 11.6. The normalized spacial score (nSPS) is 11.5. The number of ether oxygens (including phenoxy) is 1. The minimum Gasteiger partial charge on any atom is -0.489 e. The number of nitriles is 1. The van der Waals surface area contributed by atoms with Crippen LogP contribution in [0, 0.1) is 11.3 Å². The molecule has 180 valence electrons. The van der Waals surface area contributed by atoms with Crippen LogP contribution >= 0.6 is 0 Å². The average molecular weight is 479 g/mol. The molecular formula is C28H26N6O2. The van der Waals surface area contributed by atoms with Gasteiger partial charge in [0.1, 0.15) is 24.2 Å². The van der Waals surface area contributed by atoms with E-state index in [9.17, 15) is 10.4 Å². The Hall–Kier alpha value is -4.48. The fourth-order valence-electron chi connectivity index (χ4n) is 4.09. The largest absolute Gasteiger partial charge is 0.489 e. The molecule has 0 atom stereocenters. The summed E-state index contributed by atoms with van der Waals surface area (Å²) in [4.78, 5) is 11.2. The van der Waals surface area contributed by atoms with E-state index in [-0.39, 0.29) is 6.61 Å². The fraction of sp³-hybridized carbons (Fsp3) is 0.214. The Morgan fingerprint density at radius 3 is 2.72 bits per heavy atom. The third kappa shape index (κ3) is 4.83. The molecule has 0 unspecified atom stereocenters. The number of aromatic nitrogens is 4. The molecule has 5 aromatic rings. The lowest BCUT2D eigenvalue weighted by Crippen LogP contribution is -2.27. The molecule has 0 spiro atoms. The minimum absolute atomic E-state index is 0.122. The van der Waals surface area contributed by atoms with Crippen LogP contribution in [-0.4, -0.2) is 43.9 Å². The van der Waals surface area contributed by atoms with Crippen molar-refractivity contribution in [1.29, 1.82) is 5.26 Å². The zero-order chi connectivity index (χ0) is 25.3. The molecule has 0 aliphatic rings. The van der Waals surface area contributed by atoms with Crippen molar-refractivity contribution in [3.05, 3.63) is 84.4 Å². The quantitative estimate of drug-likeness (QED) is 0.365. The third-order valence-corrected chi connectivity index (χ3v) is 5.84. The molecule has 1 aromatic carbocycles. The average Bonchev–Trinajstić information content (AvgIpc) is 3.30. The Labute approximate surface area is 209 Å². The van der Waals surface area contributed by atoms with Gasteiger partial charge in [0.2, 0.25) is 0 Å². The van der Waals surface area contributed by atoms with E-state index in [0.29, 0.717) is 23.4 Å². The number of benzene rings is 1. The molecule has 0 aliphatic heterocycles. The second-order valence-corrected chi connectivity index (χ2v) is 9.45. The van der Waals surface area contributed by atoms with E-state index in [4.69, 9.17) is 9.72 Å². The SMILES string of the molecule is CN(Cc1ccc2ncccc2c1)c1ccc(-c2cc(OCC(C)(C)O)cn3ncc(C#N)c23)cn1. The molecule has 36 heavy (non-hydrogen) atoms. The van der Waals surface area contributed by atoms with Gasteiger partial charge in [0.15, 0.2) is 0 Å². The highest BCUT2D eigenvalue weighted by molar-refractivity contribution is 5.85. The van der Waals surface area contributed by atoms with E-state index in [1.165, 1.54) is 11.8 Å². The second kappa shape index (κ2) is 9.29. The number of hydrogen-bond acceptors (Lipinski definition) is 7. The molecule has 0 aliphatic carbocycles. The zero-order valence-electron chi connectivity index (χ0n) is 20.4. The van der Waals surface area contributed by atoms with E-state index in [0.717, 1.165) is 27.8 Å². The first-order chi connectivity index (χ1) is 17.3. The molecule has 0 saturated carbocycles. The summed E-state index contributed by atoms with van der Waals surface area (Å²) in [5, 5.41) is 25.1. The van der Waals surface area contributed by atoms with Crippen LogP contribution in [0.1, 0.15) is 25.0 Å². The van der Waals surface area contributed by atoms with E-state index >= 15 is 0 Å². The van der Waals surface area contributed by atoms with Crippen LogP contribution in [0.15, 0.2) is 73.3 Å². The maximum Gasteiger partial charge on any atom is 0.138 e. The topological polar surface area (TPSA) is 99.6 Å². The molecule has 8 heteroatoms. The molecule has 0 bridgehead atoms. The van der Waals surface area contributed by atoms with Crippen molar-refractivity contribution >= 4 is 22.2 Å². The number of rotatable bonds is 7. The Morgan fingerprint density at radius 1 is 1.11 bits per heavy atom. The first kappa shape index (κ1) is 23.3. The maximum atomic E-state index is 10.1. The summed E-state index contributed by atoms with van der Waals surface area (Å²) in [7, 11) is 2.00.